The first-order chi connectivity index (χ1) is 14.5. The van der Waals surface area contributed by atoms with Gasteiger partial charge in [-0.15, -0.1) is 0 Å². The summed E-state index contributed by atoms with van der Waals surface area (Å²) in [6, 6.07) is 10.00. The maximum absolute atomic E-state index is 12.3. The predicted molar refractivity (Wildman–Crippen MR) is 115 cm³/mol. The average Bonchev–Trinajstić information content (AvgIpc) is 3.22. The monoisotopic (exact) mass is 448 g/mol. The van der Waals surface area contributed by atoms with E-state index in [1.165, 1.54) is 27.5 Å². The Hall–Kier alpha value is -3.23. The summed E-state index contributed by atoms with van der Waals surface area (Å²) < 4.78 is 15.9. The second-order valence-electron chi connectivity index (χ2n) is 5.95. The van der Waals surface area contributed by atoms with Crippen molar-refractivity contribution in [3.63, 3.8) is 0 Å². The van der Waals surface area contributed by atoms with E-state index in [1.54, 1.807) is 36.4 Å². The number of methoxy groups -OCH3 is 3. The van der Waals surface area contributed by atoms with E-state index in [0.29, 0.717) is 44.1 Å². The zero-order valence-corrected chi connectivity index (χ0v) is 17.8. The molecular weight excluding hydrogens is 431 g/mol. The molecule has 0 aliphatic rings. The number of halogens is 2. The lowest BCUT2D eigenvalue weighted by Gasteiger charge is -2.12. The molecule has 2 aromatic carbocycles. The zero-order chi connectivity index (χ0) is 21.7. The standard InChI is InChI=1S/C20H18Cl2N4O4/c1-28-17-6-11(7-18(29-2)19(17)30-3)10-23-26-20(27)16-9-15(24-25-16)13-5-4-12(21)8-14(13)22/h4-10H,1-3H3,(H,24,25)(H,26,27)/b23-10-. The summed E-state index contributed by atoms with van der Waals surface area (Å²) in [6.07, 6.45) is 1.45. The van der Waals surface area contributed by atoms with E-state index in [0.717, 1.165) is 0 Å². The van der Waals surface area contributed by atoms with E-state index >= 15 is 0 Å². The summed E-state index contributed by atoms with van der Waals surface area (Å²) in [6.45, 7) is 0. The highest BCUT2D eigenvalue weighted by atomic mass is 35.5. The number of ether oxygens (including phenoxy) is 3. The lowest BCUT2D eigenvalue weighted by molar-refractivity contribution is 0.0950. The van der Waals surface area contributed by atoms with Crippen molar-refractivity contribution < 1.29 is 19.0 Å². The van der Waals surface area contributed by atoms with Crippen molar-refractivity contribution in [2.75, 3.05) is 21.3 Å². The van der Waals surface area contributed by atoms with Gasteiger partial charge in [0.05, 0.1) is 38.3 Å². The van der Waals surface area contributed by atoms with Crippen molar-refractivity contribution in [1.29, 1.82) is 0 Å². The van der Waals surface area contributed by atoms with Crippen LogP contribution in [0.2, 0.25) is 10.0 Å². The topological polar surface area (TPSA) is 97.8 Å². The third-order valence-electron chi connectivity index (χ3n) is 4.10. The molecule has 10 heteroatoms. The molecule has 156 valence electrons. The number of hydrogen-bond acceptors (Lipinski definition) is 6. The van der Waals surface area contributed by atoms with Crippen LogP contribution >= 0.6 is 23.2 Å². The minimum atomic E-state index is -0.470. The molecule has 1 amide bonds. The summed E-state index contributed by atoms with van der Waals surface area (Å²) in [4.78, 5) is 12.3. The van der Waals surface area contributed by atoms with Gasteiger partial charge in [-0.2, -0.15) is 10.2 Å². The molecule has 0 aliphatic heterocycles. The molecule has 1 heterocycles. The first kappa shape index (κ1) is 21.5. The summed E-state index contributed by atoms with van der Waals surface area (Å²) in [5.74, 6) is 0.944. The average molecular weight is 449 g/mol. The molecule has 0 saturated carbocycles. The van der Waals surface area contributed by atoms with Gasteiger partial charge in [0.15, 0.2) is 11.5 Å². The van der Waals surface area contributed by atoms with Gasteiger partial charge in [0.1, 0.15) is 5.69 Å². The fourth-order valence-corrected chi connectivity index (χ4v) is 3.18. The number of carbonyl (C=O) groups is 1. The van der Waals surface area contributed by atoms with Gasteiger partial charge in [0, 0.05) is 16.1 Å². The number of rotatable bonds is 7. The minimum Gasteiger partial charge on any atom is -0.493 e. The second-order valence-corrected chi connectivity index (χ2v) is 6.79. The van der Waals surface area contributed by atoms with Crippen molar-refractivity contribution in [2.24, 2.45) is 5.10 Å². The molecule has 0 spiro atoms. The molecular formula is C20H18Cl2N4O4. The maximum atomic E-state index is 12.3. The Kier molecular flexibility index (Phi) is 6.81. The quantitative estimate of drug-likeness (QED) is 0.417. The van der Waals surface area contributed by atoms with Crippen molar-refractivity contribution in [2.45, 2.75) is 0 Å². The Morgan fingerprint density at radius 2 is 1.77 bits per heavy atom. The number of hydrazone groups is 1. The number of aromatic amines is 1. The molecule has 30 heavy (non-hydrogen) atoms. The number of nitrogens with zero attached hydrogens (tertiary/aromatic N) is 2. The number of nitrogens with one attached hydrogen (secondary N) is 2. The van der Waals surface area contributed by atoms with Gasteiger partial charge in [-0.1, -0.05) is 23.2 Å². The molecule has 0 bridgehead atoms. The van der Waals surface area contributed by atoms with Crippen LogP contribution in [0.15, 0.2) is 41.5 Å². The summed E-state index contributed by atoms with van der Waals surface area (Å²) in [5, 5.41) is 11.7. The Morgan fingerprint density at radius 1 is 1.07 bits per heavy atom. The van der Waals surface area contributed by atoms with Gasteiger partial charge in [-0.05, 0) is 36.4 Å². The van der Waals surface area contributed by atoms with Gasteiger partial charge in [0.2, 0.25) is 5.75 Å². The fraction of sp³-hybridized carbons (Fsp3) is 0.150. The minimum absolute atomic E-state index is 0.220. The van der Waals surface area contributed by atoms with Crippen molar-refractivity contribution >= 4 is 35.3 Å². The van der Waals surface area contributed by atoms with Crippen LogP contribution in [-0.4, -0.2) is 43.6 Å². The Balaban J connectivity index is 1.73. The molecule has 8 nitrogen and oxygen atoms in total. The second kappa shape index (κ2) is 9.51. The van der Waals surface area contributed by atoms with Gasteiger partial charge in [-0.25, -0.2) is 5.43 Å². The lowest BCUT2D eigenvalue weighted by atomic mass is 10.1. The van der Waals surface area contributed by atoms with Crippen LogP contribution in [0.25, 0.3) is 11.3 Å². The highest BCUT2D eigenvalue weighted by molar-refractivity contribution is 6.36. The number of benzene rings is 2. The van der Waals surface area contributed by atoms with Crippen LogP contribution in [0.3, 0.4) is 0 Å². The van der Waals surface area contributed by atoms with Crippen molar-refractivity contribution in [3.05, 3.63) is 57.7 Å². The molecule has 0 saturated heterocycles. The van der Waals surface area contributed by atoms with E-state index in [2.05, 4.69) is 20.7 Å². The van der Waals surface area contributed by atoms with Gasteiger partial charge in [-0.3, -0.25) is 9.89 Å². The number of H-pyrrole nitrogens is 1. The van der Waals surface area contributed by atoms with Gasteiger partial charge in [0.25, 0.3) is 5.91 Å². The SMILES string of the molecule is COc1cc(/C=N\NC(=O)c2cc(-c3ccc(Cl)cc3Cl)n[nH]2)cc(OC)c1OC. The van der Waals surface area contributed by atoms with E-state index in [1.807, 2.05) is 0 Å². The van der Waals surface area contributed by atoms with Crippen molar-refractivity contribution in [3.8, 4) is 28.5 Å². The first-order valence-electron chi connectivity index (χ1n) is 8.61. The van der Waals surface area contributed by atoms with Gasteiger partial charge < -0.3 is 14.2 Å². The Morgan fingerprint density at radius 3 is 2.37 bits per heavy atom. The van der Waals surface area contributed by atoms with Crippen LogP contribution in [-0.2, 0) is 0 Å². The Bertz CT molecular complexity index is 1070. The highest BCUT2D eigenvalue weighted by Gasteiger charge is 2.14. The highest BCUT2D eigenvalue weighted by Crippen LogP contribution is 2.37. The van der Waals surface area contributed by atoms with Crippen LogP contribution in [0.5, 0.6) is 17.2 Å². The number of carbonyl (C=O) groups excluding carboxylic acids is 1. The predicted octanol–water partition coefficient (Wildman–Crippen LogP) is 4.17. The van der Waals surface area contributed by atoms with Crippen LogP contribution < -0.4 is 19.6 Å². The van der Waals surface area contributed by atoms with E-state index < -0.39 is 5.91 Å². The molecule has 3 aromatic rings. The largest absolute Gasteiger partial charge is 0.493 e. The first-order valence-corrected chi connectivity index (χ1v) is 9.36. The summed E-state index contributed by atoms with van der Waals surface area (Å²) in [5.41, 5.74) is 4.45. The molecule has 0 atom stereocenters. The van der Waals surface area contributed by atoms with Crippen molar-refractivity contribution in [1.82, 2.24) is 15.6 Å². The van der Waals surface area contributed by atoms with Crippen LogP contribution in [0.1, 0.15) is 16.1 Å². The number of amides is 1. The third-order valence-corrected chi connectivity index (χ3v) is 4.64. The normalized spacial score (nSPS) is 10.8. The van der Waals surface area contributed by atoms with Gasteiger partial charge >= 0.3 is 0 Å². The summed E-state index contributed by atoms with van der Waals surface area (Å²) in [7, 11) is 4.55. The van der Waals surface area contributed by atoms with E-state index in [9.17, 15) is 4.79 Å². The number of aromatic nitrogens is 2. The Labute approximate surface area is 182 Å². The van der Waals surface area contributed by atoms with E-state index in [-0.39, 0.29) is 5.69 Å². The fourth-order valence-electron chi connectivity index (χ4n) is 2.67. The molecule has 3 rings (SSSR count). The molecule has 1 aromatic heterocycles. The maximum Gasteiger partial charge on any atom is 0.289 e. The lowest BCUT2D eigenvalue weighted by Crippen LogP contribution is -2.18. The molecule has 0 fully saturated rings. The molecule has 0 aliphatic carbocycles. The zero-order valence-electron chi connectivity index (χ0n) is 16.3. The summed E-state index contributed by atoms with van der Waals surface area (Å²) >= 11 is 12.1. The smallest absolute Gasteiger partial charge is 0.289 e. The molecule has 0 unspecified atom stereocenters. The number of hydrogen-bond donors (Lipinski definition) is 2. The molecule has 0 radical (unpaired) electrons. The molecule has 2 N–H and O–H groups in total. The van der Waals surface area contributed by atoms with E-state index in [4.69, 9.17) is 37.4 Å². The third kappa shape index (κ3) is 4.67. The van der Waals surface area contributed by atoms with Crippen LogP contribution in [0.4, 0.5) is 0 Å². The van der Waals surface area contributed by atoms with Crippen LogP contribution in [0, 0.1) is 0 Å².